The van der Waals surface area contributed by atoms with E-state index in [4.69, 9.17) is 5.73 Å². The molecule has 7 heteroatoms. The molecule has 0 aliphatic carbocycles. The standard InChI is InChI=1S/C6H7F3N4/c7-6(8,9)5-12-11-4-3(10)1-2-13(4)5/h3H,1-2,10H2/t3-/m1/s1. The lowest BCUT2D eigenvalue weighted by atomic mass is 10.3. The predicted octanol–water partition coefficient (Wildman–Crippen LogP) is 0.700. The minimum Gasteiger partial charge on any atom is -0.321 e. The van der Waals surface area contributed by atoms with Crippen molar-refractivity contribution in [1.82, 2.24) is 14.8 Å². The predicted molar refractivity (Wildman–Crippen MR) is 36.6 cm³/mol. The van der Waals surface area contributed by atoms with Crippen molar-refractivity contribution in [2.24, 2.45) is 5.73 Å². The Morgan fingerprint density at radius 3 is 2.69 bits per heavy atom. The molecule has 0 bridgehead atoms. The number of halogens is 3. The van der Waals surface area contributed by atoms with Gasteiger partial charge in [0.05, 0.1) is 6.04 Å². The van der Waals surface area contributed by atoms with E-state index < -0.39 is 18.0 Å². The summed E-state index contributed by atoms with van der Waals surface area (Å²) in [7, 11) is 0. The lowest BCUT2D eigenvalue weighted by molar-refractivity contribution is -0.147. The zero-order chi connectivity index (χ0) is 9.64. The van der Waals surface area contributed by atoms with Crippen LogP contribution in [-0.2, 0) is 12.7 Å². The van der Waals surface area contributed by atoms with E-state index in [0.717, 1.165) is 4.57 Å². The molecule has 0 saturated heterocycles. The second-order valence-electron chi connectivity index (χ2n) is 2.93. The molecular weight excluding hydrogens is 185 g/mol. The van der Waals surface area contributed by atoms with Crippen LogP contribution in [0.5, 0.6) is 0 Å². The largest absolute Gasteiger partial charge is 0.451 e. The highest BCUT2D eigenvalue weighted by atomic mass is 19.4. The Hall–Kier alpha value is -1.11. The zero-order valence-corrected chi connectivity index (χ0v) is 6.54. The second kappa shape index (κ2) is 2.44. The van der Waals surface area contributed by atoms with Crippen molar-refractivity contribution < 1.29 is 13.2 Å². The molecule has 0 saturated carbocycles. The van der Waals surface area contributed by atoms with Crippen LogP contribution in [0.3, 0.4) is 0 Å². The second-order valence-corrected chi connectivity index (χ2v) is 2.93. The Morgan fingerprint density at radius 2 is 2.08 bits per heavy atom. The minimum atomic E-state index is -4.44. The third kappa shape index (κ3) is 1.19. The topological polar surface area (TPSA) is 56.7 Å². The van der Waals surface area contributed by atoms with Crippen LogP contribution >= 0.6 is 0 Å². The van der Waals surface area contributed by atoms with Gasteiger partial charge in [-0.25, -0.2) is 0 Å². The molecule has 2 N–H and O–H groups in total. The first-order valence-corrected chi connectivity index (χ1v) is 3.76. The smallest absolute Gasteiger partial charge is 0.321 e. The summed E-state index contributed by atoms with van der Waals surface area (Å²) in [5.74, 6) is -0.720. The summed E-state index contributed by atoms with van der Waals surface area (Å²) < 4.78 is 37.8. The van der Waals surface area contributed by atoms with Gasteiger partial charge in [-0.1, -0.05) is 0 Å². The van der Waals surface area contributed by atoms with Crippen molar-refractivity contribution in [3.63, 3.8) is 0 Å². The third-order valence-corrected chi connectivity index (χ3v) is 2.03. The molecule has 13 heavy (non-hydrogen) atoms. The van der Waals surface area contributed by atoms with Gasteiger partial charge >= 0.3 is 6.18 Å². The molecule has 0 unspecified atom stereocenters. The molecule has 72 valence electrons. The molecule has 1 atom stereocenters. The molecule has 1 aliphatic heterocycles. The fourth-order valence-electron chi connectivity index (χ4n) is 1.42. The molecule has 1 aromatic rings. The number of hydrogen-bond acceptors (Lipinski definition) is 3. The van der Waals surface area contributed by atoms with Crippen LogP contribution in [0.1, 0.15) is 24.1 Å². The molecule has 4 nitrogen and oxygen atoms in total. The third-order valence-electron chi connectivity index (χ3n) is 2.03. The Labute approximate surface area is 71.5 Å². The summed E-state index contributed by atoms with van der Waals surface area (Å²) >= 11 is 0. The van der Waals surface area contributed by atoms with Gasteiger partial charge in [-0.3, -0.25) is 0 Å². The van der Waals surface area contributed by atoms with E-state index in [9.17, 15) is 13.2 Å². The summed E-state index contributed by atoms with van der Waals surface area (Å²) in [5, 5.41) is 6.48. The van der Waals surface area contributed by atoms with Crippen LogP contribution < -0.4 is 5.73 Å². The monoisotopic (exact) mass is 192 g/mol. The average Bonchev–Trinajstić information content (AvgIpc) is 2.51. The highest BCUT2D eigenvalue weighted by Gasteiger charge is 2.40. The number of hydrogen-bond donors (Lipinski definition) is 1. The van der Waals surface area contributed by atoms with Gasteiger partial charge in [-0.2, -0.15) is 13.2 Å². The van der Waals surface area contributed by atoms with E-state index in [1.165, 1.54) is 0 Å². The molecular formula is C6H7F3N4. The lowest BCUT2D eigenvalue weighted by Gasteiger charge is -2.05. The first-order chi connectivity index (χ1) is 6.00. The van der Waals surface area contributed by atoms with Crippen LogP contribution in [0, 0.1) is 0 Å². The zero-order valence-electron chi connectivity index (χ0n) is 6.54. The maximum absolute atomic E-state index is 12.2. The number of nitrogens with two attached hydrogens (primary N) is 1. The van der Waals surface area contributed by atoms with E-state index in [2.05, 4.69) is 10.2 Å². The van der Waals surface area contributed by atoms with E-state index in [0.29, 0.717) is 6.42 Å². The SMILES string of the molecule is N[C@@H]1CCn2c1nnc2C(F)(F)F. The van der Waals surface area contributed by atoms with Crippen LogP contribution in [0.2, 0.25) is 0 Å². The molecule has 0 spiro atoms. The number of nitrogens with zero attached hydrogens (tertiary/aromatic N) is 3. The Bertz CT molecular complexity index is 329. The summed E-state index contributed by atoms with van der Waals surface area (Å²) in [6.45, 7) is 0.248. The maximum atomic E-state index is 12.2. The molecule has 0 radical (unpaired) electrons. The van der Waals surface area contributed by atoms with Crippen LogP contribution in [0.4, 0.5) is 13.2 Å². The Kier molecular flexibility index (Phi) is 1.59. The highest BCUT2D eigenvalue weighted by molar-refractivity contribution is 5.07. The summed E-state index contributed by atoms with van der Waals surface area (Å²) in [6.07, 6.45) is -3.94. The lowest BCUT2D eigenvalue weighted by Crippen LogP contribution is -2.14. The Balaban J connectivity index is 2.47. The van der Waals surface area contributed by atoms with Gasteiger partial charge in [0.1, 0.15) is 5.82 Å². The first kappa shape index (κ1) is 8.49. The van der Waals surface area contributed by atoms with Gasteiger partial charge in [0.15, 0.2) is 0 Å². The molecule has 2 heterocycles. The van der Waals surface area contributed by atoms with Gasteiger partial charge in [-0.15, -0.1) is 10.2 Å². The van der Waals surface area contributed by atoms with Crippen LogP contribution in [0.15, 0.2) is 0 Å². The number of fused-ring (bicyclic) bond motifs is 1. The summed E-state index contributed by atoms with van der Waals surface area (Å²) in [5.41, 5.74) is 5.51. The number of aromatic nitrogens is 3. The quantitative estimate of drug-likeness (QED) is 0.658. The average molecular weight is 192 g/mol. The van der Waals surface area contributed by atoms with Crippen LogP contribution in [-0.4, -0.2) is 14.8 Å². The van der Waals surface area contributed by atoms with Crippen molar-refractivity contribution in [3.8, 4) is 0 Å². The molecule has 2 rings (SSSR count). The maximum Gasteiger partial charge on any atom is 0.451 e. The van der Waals surface area contributed by atoms with Crippen molar-refractivity contribution in [1.29, 1.82) is 0 Å². The van der Waals surface area contributed by atoms with E-state index >= 15 is 0 Å². The van der Waals surface area contributed by atoms with Gasteiger partial charge in [0.2, 0.25) is 5.82 Å². The number of rotatable bonds is 0. The van der Waals surface area contributed by atoms with E-state index in [1.54, 1.807) is 0 Å². The van der Waals surface area contributed by atoms with Crippen molar-refractivity contribution in [2.75, 3.05) is 0 Å². The molecule has 0 aromatic carbocycles. The van der Waals surface area contributed by atoms with Crippen LogP contribution in [0.25, 0.3) is 0 Å². The van der Waals surface area contributed by atoms with Gasteiger partial charge < -0.3 is 10.3 Å². The molecule has 1 aromatic heterocycles. The molecule has 0 fully saturated rings. The summed E-state index contributed by atoms with van der Waals surface area (Å²) in [6, 6.07) is -0.413. The van der Waals surface area contributed by atoms with Crippen molar-refractivity contribution in [3.05, 3.63) is 11.6 Å². The fraction of sp³-hybridized carbons (Fsp3) is 0.667. The molecule has 0 amide bonds. The number of alkyl halides is 3. The Morgan fingerprint density at radius 1 is 1.38 bits per heavy atom. The minimum absolute atomic E-state index is 0.229. The van der Waals surface area contributed by atoms with E-state index in [-0.39, 0.29) is 12.4 Å². The normalized spacial score (nSPS) is 22.0. The van der Waals surface area contributed by atoms with Gasteiger partial charge in [0.25, 0.3) is 0 Å². The highest BCUT2D eigenvalue weighted by Crippen LogP contribution is 2.32. The van der Waals surface area contributed by atoms with E-state index in [1.807, 2.05) is 0 Å². The molecule has 1 aliphatic rings. The van der Waals surface area contributed by atoms with Gasteiger partial charge in [0, 0.05) is 6.54 Å². The van der Waals surface area contributed by atoms with Gasteiger partial charge in [-0.05, 0) is 6.42 Å². The fourth-order valence-corrected chi connectivity index (χ4v) is 1.42. The first-order valence-electron chi connectivity index (χ1n) is 3.76. The summed E-state index contributed by atoms with van der Waals surface area (Å²) in [4.78, 5) is 0. The van der Waals surface area contributed by atoms with Crippen molar-refractivity contribution in [2.45, 2.75) is 25.2 Å². The van der Waals surface area contributed by atoms with Crippen molar-refractivity contribution >= 4 is 0 Å².